The van der Waals surface area contributed by atoms with Crippen LogP contribution in [0.2, 0.25) is 5.02 Å². The largest absolute Gasteiger partial charge is 0.383 e. The summed E-state index contributed by atoms with van der Waals surface area (Å²) < 4.78 is 11.0. The molecule has 0 saturated carbocycles. The molecule has 15 heavy (non-hydrogen) atoms. The lowest BCUT2D eigenvalue weighted by Crippen LogP contribution is -2.47. The number of benzene rings is 1. The average Bonchev–Trinajstić information content (AvgIpc) is 2.40. The van der Waals surface area contributed by atoms with E-state index in [9.17, 15) is 0 Å². The lowest BCUT2D eigenvalue weighted by molar-refractivity contribution is -0.451. The zero-order valence-corrected chi connectivity index (χ0v) is 8.78. The number of nitrogens with zero attached hydrogens (tertiary/aromatic N) is 1. The van der Waals surface area contributed by atoms with Crippen molar-refractivity contribution in [2.45, 2.75) is 19.1 Å². The summed E-state index contributed by atoms with van der Waals surface area (Å²) in [5.41, 5.74) is 7.39. The van der Waals surface area contributed by atoms with Gasteiger partial charge in [-0.15, -0.1) is 0 Å². The number of hydrogen-bond donors (Lipinski definition) is 1. The van der Waals surface area contributed by atoms with E-state index < -0.39 is 5.91 Å². The van der Waals surface area contributed by atoms with Crippen molar-refractivity contribution in [1.82, 2.24) is 0 Å². The van der Waals surface area contributed by atoms with Gasteiger partial charge in [-0.1, -0.05) is 11.6 Å². The van der Waals surface area contributed by atoms with E-state index in [1.807, 2.05) is 13.0 Å². The number of halogens is 1. The summed E-state index contributed by atoms with van der Waals surface area (Å²) in [6, 6.07) is 5.36. The Hall–Kier alpha value is -1.10. The summed E-state index contributed by atoms with van der Waals surface area (Å²) in [6.07, 6.45) is -0.247. The van der Waals surface area contributed by atoms with E-state index in [2.05, 4.69) is 4.99 Å². The first kappa shape index (κ1) is 9.15. The van der Waals surface area contributed by atoms with Gasteiger partial charge in [-0.05, 0) is 25.1 Å². The van der Waals surface area contributed by atoms with Crippen LogP contribution >= 0.6 is 11.6 Å². The van der Waals surface area contributed by atoms with Crippen LogP contribution < -0.4 is 5.73 Å². The zero-order chi connectivity index (χ0) is 10.6. The molecule has 0 bridgehead atoms. The van der Waals surface area contributed by atoms with Crippen LogP contribution in [0.4, 0.5) is 0 Å². The Bertz CT molecular complexity index is 466. The highest BCUT2D eigenvalue weighted by atomic mass is 35.5. The molecule has 0 atom stereocenters. The molecule has 1 saturated heterocycles. The maximum Gasteiger partial charge on any atom is 0.304 e. The van der Waals surface area contributed by atoms with Crippen molar-refractivity contribution in [3.63, 3.8) is 0 Å². The van der Waals surface area contributed by atoms with Crippen LogP contribution in [-0.4, -0.2) is 12.1 Å². The molecule has 78 valence electrons. The van der Waals surface area contributed by atoms with Crippen LogP contribution in [-0.2, 0) is 15.4 Å². The molecule has 0 amide bonds. The molecule has 5 heteroatoms. The van der Waals surface area contributed by atoms with E-state index in [1.54, 1.807) is 12.1 Å². The van der Waals surface area contributed by atoms with Crippen molar-refractivity contribution in [3.8, 4) is 0 Å². The monoisotopic (exact) mass is 224 g/mol. The van der Waals surface area contributed by atoms with E-state index in [1.165, 1.54) is 0 Å². The van der Waals surface area contributed by atoms with Crippen molar-refractivity contribution in [2.24, 2.45) is 10.7 Å². The molecule has 1 aromatic rings. The summed E-state index contributed by atoms with van der Waals surface area (Å²) in [5.74, 6) is -0.608. The zero-order valence-electron chi connectivity index (χ0n) is 8.03. The van der Waals surface area contributed by atoms with Gasteiger partial charge in [-0.2, -0.15) is 0 Å². The van der Waals surface area contributed by atoms with Crippen molar-refractivity contribution in [3.05, 3.63) is 34.3 Å². The number of nitrogens with two attached hydrogens (primary N) is 1. The van der Waals surface area contributed by atoms with Gasteiger partial charge >= 0.3 is 5.91 Å². The molecule has 1 spiro atoms. The maximum absolute atomic E-state index is 5.88. The molecule has 2 N–H and O–H groups in total. The number of fused-ring (bicyclic) bond motifs is 2. The SMILES string of the molecule is CC1OC2(N=C(N)c3cc(Cl)ccc32)O1. The average molecular weight is 225 g/mol. The highest BCUT2D eigenvalue weighted by Crippen LogP contribution is 2.45. The number of amidine groups is 1. The number of rotatable bonds is 0. The first-order chi connectivity index (χ1) is 7.11. The van der Waals surface area contributed by atoms with E-state index in [0.717, 1.165) is 11.1 Å². The Labute approximate surface area is 91.6 Å². The van der Waals surface area contributed by atoms with Gasteiger partial charge in [0.05, 0.1) is 0 Å². The molecule has 0 radical (unpaired) electrons. The van der Waals surface area contributed by atoms with Crippen LogP contribution in [0.25, 0.3) is 0 Å². The van der Waals surface area contributed by atoms with Crippen molar-refractivity contribution < 1.29 is 9.47 Å². The van der Waals surface area contributed by atoms with Crippen molar-refractivity contribution in [1.29, 1.82) is 0 Å². The van der Waals surface area contributed by atoms with Crippen LogP contribution in [0.1, 0.15) is 18.1 Å². The second-order valence-corrected chi connectivity index (χ2v) is 4.01. The molecular weight excluding hydrogens is 216 g/mol. The third kappa shape index (κ3) is 1.13. The first-order valence-electron chi connectivity index (χ1n) is 4.62. The minimum absolute atomic E-state index is 0.247. The minimum atomic E-state index is -1.01. The van der Waals surface area contributed by atoms with E-state index in [4.69, 9.17) is 26.8 Å². The molecule has 0 aliphatic carbocycles. The molecule has 0 unspecified atom stereocenters. The second-order valence-electron chi connectivity index (χ2n) is 3.57. The van der Waals surface area contributed by atoms with Gasteiger partial charge in [-0.25, -0.2) is 4.99 Å². The van der Waals surface area contributed by atoms with Gasteiger partial charge in [0, 0.05) is 16.1 Å². The first-order valence-corrected chi connectivity index (χ1v) is 5.00. The molecule has 1 aromatic carbocycles. The summed E-state index contributed by atoms with van der Waals surface area (Å²) in [4.78, 5) is 4.18. The van der Waals surface area contributed by atoms with E-state index in [0.29, 0.717) is 10.9 Å². The van der Waals surface area contributed by atoms with Crippen LogP contribution in [0.15, 0.2) is 23.2 Å². The Morgan fingerprint density at radius 2 is 2.20 bits per heavy atom. The molecule has 0 aromatic heterocycles. The Balaban J connectivity index is 2.13. The quantitative estimate of drug-likeness (QED) is 0.728. The van der Waals surface area contributed by atoms with Crippen LogP contribution in [0, 0.1) is 0 Å². The fourth-order valence-electron chi connectivity index (χ4n) is 1.92. The van der Waals surface area contributed by atoms with Crippen LogP contribution in [0.3, 0.4) is 0 Å². The van der Waals surface area contributed by atoms with Gasteiger partial charge in [0.2, 0.25) is 0 Å². The Kier molecular flexibility index (Phi) is 1.66. The predicted molar refractivity (Wildman–Crippen MR) is 55.5 cm³/mol. The normalized spacial score (nSPS) is 32.4. The highest BCUT2D eigenvalue weighted by molar-refractivity contribution is 6.31. The molecular formula is C10H9ClN2O2. The van der Waals surface area contributed by atoms with Gasteiger partial charge in [0.25, 0.3) is 0 Å². The lowest BCUT2D eigenvalue weighted by atomic mass is 10.1. The molecule has 3 rings (SSSR count). The van der Waals surface area contributed by atoms with Crippen molar-refractivity contribution in [2.75, 3.05) is 0 Å². The molecule has 4 nitrogen and oxygen atoms in total. The summed E-state index contributed by atoms with van der Waals surface area (Å²) >= 11 is 5.88. The molecule has 1 fully saturated rings. The summed E-state index contributed by atoms with van der Waals surface area (Å²) in [7, 11) is 0. The molecule has 2 aliphatic rings. The summed E-state index contributed by atoms with van der Waals surface area (Å²) in [6.45, 7) is 1.81. The maximum atomic E-state index is 5.88. The lowest BCUT2D eigenvalue weighted by Gasteiger charge is -2.41. The van der Waals surface area contributed by atoms with Gasteiger partial charge in [-0.3, -0.25) is 9.47 Å². The van der Waals surface area contributed by atoms with E-state index in [-0.39, 0.29) is 6.29 Å². The fraction of sp³-hybridized carbons (Fsp3) is 0.300. The minimum Gasteiger partial charge on any atom is -0.383 e. The number of hydrogen-bond acceptors (Lipinski definition) is 4. The Morgan fingerprint density at radius 1 is 1.47 bits per heavy atom. The fourth-order valence-corrected chi connectivity index (χ4v) is 2.09. The molecule has 2 aliphatic heterocycles. The highest BCUT2D eigenvalue weighted by Gasteiger charge is 2.51. The summed E-state index contributed by atoms with van der Waals surface area (Å²) in [5, 5.41) is 0.622. The number of ether oxygens (including phenoxy) is 2. The standard InChI is InChI=1S/C10H9ClN2O2/c1-5-14-10(15-5)8-3-2-6(11)4-7(8)9(12)13-10/h2-5H,1H3,(H2,12,13). The topological polar surface area (TPSA) is 56.8 Å². The predicted octanol–water partition coefficient (Wildman–Crippen LogP) is 1.56. The Morgan fingerprint density at radius 3 is 2.87 bits per heavy atom. The molecule has 2 heterocycles. The second kappa shape index (κ2) is 2.72. The third-order valence-corrected chi connectivity index (χ3v) is 2.75. The smallest absolute Gasteiger partial charge is 0.304 e. The van der Waals surface area contributed by atoms with Crippen molar-refractivity contribution >= 4 is 17.4 Å². The van der Waals surface area contributed by atoms with Gasteiger partial charge in [0.15, 0.2) is 6.29 Å². The number of aliphatic imine (C=N–C) groups is 1. The van der Waals surface area contributed by atoms with Gasteiger partial charge in [0.1, 0.15) is 5.84 Å². The van der Waals surface area contributed by atoms with Gasteiger partial charge < -0.3 is 5.73 Å². The van der Waals surface area contributed by atoms with E-state index >= 15 is 0 Å². The third-order valence-electron chi connectivity index (χ3n) is 2.52. The van der Waals surface area contributed by atoms with Crippen LogP contribution in [0.5, 0.6) is 0 Å².